The molecule has 4 nitrogen and oxygen atoms in total. The Hall–Kier alpha value is -0.710. The number of carbonyl (C=O) groups is 1. The SMILES string of the molecule is C=C1[C@@H]2C[C@@]3(C4C[C@@H]5[C@@]6(C)CC[C@H](O)[C@]5([C@@H]3CC2=O)[C@@H]4N(CC)C6)[C@@H]1O. The number of aliphatic hydroxyl groups excluding tert-OH is 2. The molecule has 1 saturated heterocycles. The lowest BCUT2D eigenvalue weighted by Crippen LogP contribution is -2.68. The minimum atomic E-state index is -0.561. The van der Waals surface area contributed by atoms with Crippen LogP contribution in [0.5, 0.6) is 0 Å². The molecule has 6 aliphatic rings. The lowest BCUT2D eigenvalue weighted by atomic mass is 9.43. The van der Waals surface area contributed by atoms with Crippen LogP contribution in [-0.4, -0.2) is 52.2 Å². The van der Waals surface area contributed by atoms with E-state index in [9.17, 15) is 15.0 Å². The second-order valence-corrected chi connectivity index (χ2v) is 10.7. The van der Waals surface area contributed by atoms with Crippen LogP contribution in [0.1, 0.15) is 46.0 Å². The van der Waals surface area contributed by atoms with Gasteiger partial charge in [-0.15, -0.1) is 0 Å². The summed E-state index contributed by atoms with van der Waals surface area (Å²) in [5.74, 6) is 1.16. The molecule has 0 aromatic carbocycles. The number of piperidine rings is 1. The highest BCUT2D eigenvalue weighted by Gasteiger charge is 2.85. The van der Waals surface area contributed by atoms with Crippen LogP contribution in [0.25, 0.3) is 0 Å². The maximum Gasteiger partial charge on any atom is 0.140 e. The molecule has 142 valence electrons. The Morgan fingerprint density at radius 3 is 2.81 bits per heavy atom. The minimum Gasteiger partial charge on any atom is -0.392 e. The molecule has 7 bridgehead atoms. The van der Waals surface area contributed by atoms with Gasteiger partial charge in [0.2, 0.25) is 0 Å². The van der Waals surface area contributed by atoms with Crippen LogP contribution in [-0.2, 0) is 4.79 Å². The van der Waals surface area contributed by atoms with Crippen molar-refractivity contribution >= 4 is 5.78 Å². The number of rotatable bonds is 1. The summed E-state index contributed by atoms with van der Waals surface area (Å²) < 4.78 is 0. The first kappa shape index (κ1) is 16.3. The fourth-order valence-electron chi connectivity index (χ4n) is 9.75. The number of likely N-dealkylation sites (tertiary alicyclic amines) is 1. The molecule has 0 amide bonds. The summed E-state index contributed by atoms with van der Waals surface area (Å²) >= 11 is 0. The van der Waals surface area contributed by atoms with Crippen LogP contribution in [0.15, 0.2) is 12.2 Å². The van der Waals surface area contributed by atoms with Crippen molar-refractivity contribution in [2.24, 2.45) is 39.9 Å². The van der Waals surface area contributed by atoms with E-state index in [2.05, 4.69) is 25.3 Å². The summed E-state index contributed by atoms with van der Waals surface area (Å²) in [5, 5.41) is 22.8. The van der Waals surface area contributed by atoms with Crippen molar-refractivity contribution < 1.29 is 15.0 Å². The number of Topliss-reactive ketones (excluding diaryl/α,β-unsaturated/α-hetero) is 1. The van der Waals surface area contributed by atoms with Gasteiger partial charge in [-0.2, -0.15) is 0 Å². The predicted octanol–water partition coefficient (Wildman–Crippen LogP) is 2.00. The predicted molar refractivity (Wildman–Crippen MR) is 97.2 cm³/mol. The number of ketones is 1. The molecule has 0 radical (unpaired) electrons. The molecule has 1 heterocycles. The summed E-state index contributed by atoms with van der Waals surface area (Å²) in [6, 6.07) is 0.331. The Kier molecular flexibility index (Phi) is 2.80. The van der Waals surface area contributed by atoms with E-state index in [0.29, 0.717) is 24.3 Å². The van der Waals surface area contributed by atoms with E-state index in [1.54, 1.807) is 0 Å². The fraction of sp³-hybridized carbons (Fsp3) is 0.864. The Morgan fingerprint density at radius 2 is 2.08 bits per heavy atom. The fourth-order valence-corrected chi connectivity index (χ4v) is 9.75. The minimum absolute atomic E-state index is 0.130. The average Bonchev–Trinajstić information content (AvgIpc) is 3.14. The molecule has 6 fully saturated rings. The van der Waals surface area contributed by atoms with E-state index in [0.717, 1.165) is 44.3 Å². The quantitative estimate of drug-likeness (QED) is 0.705. The maximum absolute atomic E-state index is 13.0. The molecule has 2 N–H and O–H groups in total. The van der Waals surface area contributed by atoms with Crippen molar-refractivity contribution in [1.29, 1.82) is 0 Å². The Morgan fingerprint density at radius 1 is 1.31 bits per heavy atom. The highest BCUT2D eigenvalue weighted by molar-refractivity contribution is 5.87. The molecule has 1 unspecified atom stereocenters. The molecule has 5 aliphatic carbocycles. The molecule has 1 aliphatic heterocycles. The van der Waals surface area contributed by atoms with Gasteiger partial charge in [-0.25, -0.2) is 0 Å². The van der Waals surface area contributed by atoms with Crippen molar-refractivity contribution in [3.8, 4) is 0 Å². The van der Waals surface area contributed by atoms with Crippen molar-refractivity contribution in [2.45, 2.75) is 64.2 Å². The number of aliphatic hydroxyl groups is 2. The van der Waals surface area contributed by atoms with Gasteiger partial charge < -0.3 is 10.2 Å². The monoisotopic (exact) mass is 357 g/mol. The van der Waals surface area contributed by atoms with Gasteiger partial charge in [0.15, 0.2) is 0 Å². The number of carbonyl (C=O) groups excluding carboxylic acids is 1. The van der Waals surface area contributed by atoms with E-state index >= 15 is 0 Å². The summed E-state index contributed by atoms with van der Waals surface area (Å²) in [6.45, 7) is 10.9. The van der Waals surface area contributed by atoms with E-state index < -0.39 is 6.10 Å². The molecule has 4 heteroatoms. The van der Waals surface area contributed by atoms with Gasteiger partial charge in [0.05, 0.1) is 12.2 Å². The third-order valence-corrected chi connectivity index (χ3v) is 10.4. The van der Waals surface area contributed by atoms with Crippen LogP contribution in [0.3, 0.4) is 0 Å². The molecule has 0 aromatic rings. The highest BCUT2D eigenvalue weighted by Crippen LogP contribution is 2.83. The van der Waals surface area contributed by atoms with E-state index in [1.807, 2.05) is 0 Å². The van der Waals surface area contributed by atoms with Gasteiger partial charge >= 0.3 is 0 Å². The summed E-state index contributed by atoms with van der Waals surface area (Å²) in [4.78, 5) is 15.6. The lowest BCUT2D eigenvalue weighted by Gasteiger charge is -2.65. The second kappa shape index (κ2) is 4.47. The van der Waals surface area contributed by atoms with E-state index in [4.69, 9.17) is 0 Å². The number of hydrogen-bond acceptors (Lipinski definition) is 4. The molecule has 10 atom stereocenters. The van der Waals surface area contributed by atoms with Gasteiger partial charge in [-0.05, 0) is 61.0 Å². The zero-order chi connectivity index (χ0) is 18.2. The highest BCUT2D eigenvalue weighted by atomic mass is 16.3. The van der Waals surface area contributed by atoms with Gasteiger partial charge in [-0.1, -0.05) is 20.4 Å². The normalized spacial score (nSPS) is 62.7. The van der Waals surface area contributed by atoms with Gasteiger partial charge in [0, 0.05) is 35.8 Å². The number of nitrogens with zero attached hydrogens (tertiary/aromatic N) is 1. The first-order valence-electron chi connectivity index (χ1n) is 10.6. The zero-order valence-corrected chi connectivity index (χ0v) is 15.9. The summed E-state index contributed by atoms with van der Waals surface area (Å²) in [5.41, 5.74) is 0.598. The summed E-state index contributed by atoms with van der Waals surface area (Å²) in [7, 11) is 0. The van der Waals surface area contributed by atoms with Crippen molar-refractivity contribution in [2.75, 3.05) is 13.1 Å². The Balaban J connectivity index is 1.62. The summed E-state index contributed by atoms with van der Waals surface area (Å²) in [6.07, 6.45) is 3.50. The third kappa shape index (κ3) is 1.33. The van der Waals surface area contributed by atoms with E-state index in [-0.39, 0.29) is 40.0 Å². The molecule has 6 rings (SSSR count). The molecule has 2 spiro atoms. The Labute approximate surface area is 155 Å². The Bertz CT molecular complexity index is 735. The molecule has 0 aromatic heterocycles. The smallest absolute Gasteiger partial charge is 0.140 e. The standard InChI is InChI=1S/C22H31NO3/c1-4-23-10-20(3)6-5-17(25)22-15(20)7-13(18(22)23)21-9-12(11(2)19(21)26)14(24)8-16(21)22/h12-13,15-19,25-26H,2,4-10H2,1,3H3/t12-,13?,15+,16+,17-,18+,19+,20-,21-,22-/m0/s1. The van der Waals surface area contributed by atoms with E-state index in [1.165, 1.54) is 0 Å². The zero-order valence-electron chi connectivity index (χ0n) is 15.9. The largest absolute Gasteiger partial charge is 0.392 e. The lowest BCUT2D eigenvalue weighted by molar-refractivity contribution is -0.211. The maximum atomic E-state index is 13.0. The third-order valence-electron chi connectivity index (χ3n) is 10.4. The van der Waals surface area contributed by atoms with Crippen LogP contribution in [0.4, 0.5) is 0 Å². The first-order valence-corrected chi connectivity index (χ1v) is 10.6. The molecular weight excluding hydrogens is 326 g/mol. The molecule has 26 heavy (non-hydrogen) atoms. The van der Waals surface area contributed by atoms with Crippen molar-refractivity contribution in [3.05, 3.63) is 12.2 Å². The van der Waals surface area contributed by atoms with Gasteiger partial charge in [0.25, 0.3) is 0 Å². The number of hydrogen-bond donors (Lipinski definition) is 2. The number of fused-ring (bicyclic) bond motifs is 1. The van der Waals surface area contributed by atoms with Gasteiger partial charge in [-0.3, -0.25) is 9.69 Å². The van der Waals surface area contributed by atoms with Crippen LogP contribution < -0.4 is 0 Å². The van der Waals surface area contributed by atoms with Crippen LogP contribution in [0, 0.1) is 39.9 Å². The topological polar surface area (TPSA) is 60.8 Å². The second-order valence-electron chi connectivity index (χ2n) is 10.7. The van der Waals surface area contributed by atoms with Crippen molar-refractivity contribution in [3.63, 3.8) is 0 Å². The van der Waals surface area contributed by atoms with Crippen LogP contribution in [0.2, 0.25) is 0 Å². The van der Waals surface area contributed by atoms with Gasteiger partial charge in [0.1, 0.15) is 5.78 Å². The van der Waals surface area contributed by atoms with Crippen molar-refractivity contribution in [1.82, 2.24) is 4.90 Å². The molecule has 5 saturated carbocycles. The first-order chi connectivity index (χ1) is 12.3. The molecular formula is C22H31NO3. The average molecular weight is 357 g/mol. The van der Waals surface area contributed by atoms with Crippen LogP contribution >= 0.6 is 0 Å².